The van der Waals surface area contributed by atoms with Crippen LogP contribution in [0.15, 0.2) is 40.1 Å². The monoisotopic (exact) mass is 460 g/mol. The van der Waals surface area contributed by atoms with Crippen LogP contribution in [0.5, 0.6) is 0 Å². The van der Waals surface area contributed by atoms with Gasteiger partial charge < -0.3 is 9.64 Å². The van der Waals surface area contributed by atoms with Gasteiger partial charge in [0.25, 0.3) is 5.91 Å². The lowest BCUT2D eigenvalue weighted by Gasteiger charge is -2.35. The number of amides is 2. The van der Waals surface area contributed by atoms with E-state index in [1.165, 1.54) is 0 Å². The number of ether oxygens (including phenoxy) is 1. The van der Waals surface area contributed by atoms with Gasteiger partial charge in [-0.3, -0.25) is 9.69 Å². The van der Waals surface area contributed by atoms with Gasteiger partial charge in [-0.25, -0.2) is 9.80 Å². The number of nitrogens with zero attached hydrogens (tertiary/aromatic N) is 4. The lowest BCUT2D eigenvalue weighted by molar-refractivity contribution is -0.134. The third kappa shape index (κ3) is 5.34. The predicted molar refractivity (Wildman–Crippen MR) is 124 cm³/mol. The minimum absolute atomic E-state index is 0.00401. The van der Waals surface area contributed by atoms with Crippen LogP contribution in [-0.2, 0) is 9.53 Å². The summed E-state index contributed by atoms with van der Waals surface area (Å²) in [6.07, 6.45) is 0.445. The van der Waals surface area contributed by atoms with Gasteiger partial charge in [0.05, 0.1) is 23.2 Å². The number of carbonyl (C=O) groups is 2. The molecular formula is C22H28N4O3S2. The number of thiophene rings is 2. The average molecular weight is 461 g/mol. The summed E-state index contributed by atoms with van der Waals surface area (Å²) in [6.45, 7) is 8.29. The molecule has 2 aliphatic rings. The minimum Gasteiger partial charge on any atom is -0.444 e. The van der Waals surface area contributed by atoms with E-state index in [9.17, 15) is 9.59 Å². The Morgan fingerprint density at radius 1 is 1.10 bits per heavy atom. The van der Waals surface area contributed by atoms with Crippen molar-refractivity contribution in [1.29, 1.82) is 0 Å². The first-order chi connectivity index (χ1) is 14.8. The summed E-state index contributed by atoms with van der Waals surface area (Å²) in [7, 11) is 0. The molecule has 1 saturated heterocycles. The second-order valence-corrected chi connectivity index (χ2v) is 10.7. The number of hydrazone groups is 1. The molecule has 4 heterocycles. The molecule has 1 atom stereocenters. The van der Waals surface area contributed by atoms with Crippen LogP contribution in [0.2, 0.25) is 0 Å². The van der Waals surface area contributed by atoms with E-state index in [0.29, 0.717) is 32.7 Å². The summed E-state index contributed by atoms with van der Waals surface area (Å²) in [5.74, 6) is -0.00401. The Morgan fingerprint density at radius 2 is 1.81 bits per heavy atom. The van der Waals surface area contributed by atoms with Crippen molar-refractivity contribution in [1.82, 2.24) is 14.8 Å². The van der Waals surface area contributed by atoms with Crippen LogP contribution in [-0.4, -0.2) is 70.8 Å². The van der Waals surface area contributed by atoms with Crippen molar-refractivity contribution >= 4 is 40.4 Å². The summed E-state index contributed by atoms with van der Waals surface area (Å²) in [5.41, 5.74) is 0.464. The van der Waals surface area contributed by atoms with Crippen LogP contribution in [0.3, 0.4) is 0 Å². The molecule has 0 spiro atoms. The fraction of sp³-hybridized carbons (Fsp3) is 0.500. The second-order valence-electron chi connectivity index (χ2n) is 8.74. The summed E-state index contributed by atoms with van der Waals surface area (Å²) in [6, 6.07) is 8.10. The molecule has 2 aliphatic heterocycles. The van der Waals surface area contributed by atoms with Crippen molar-refractivity contribution in [3.63, 3.8) is 0 Å². The van der Waals surface area contributed by atoms with E-state index in [0.717, 1.165) is 21.9 Å². The molecule has 2 aromatic rings. The van der Waals surface area contributed by atoms with Gasteiger partial charge >= 0.3 is 6.09 Å². The first-order valence-electron chi connectivity index (χ1n) is 10.5. The van der Waals surface area contributed by atoms with E-state index in [1.54, 1.807) is 32.6 Å². The van der Waals surface area contributed by atoms with E-state index in [-0.39, 0.29) is 18.0 Å². The lowest BCUT2D eigenvalue weighted by atomic mass is 10.1. The molecule has 0 N–H and O–H groups in total. The average Bonchev–Trinajstić information content (AvgIpc) is 3.47. The third-order valence-electron chi connectivity index (χ3n) is 5.23. The van der Waals surface area contributed by atoms with E-state index < -0.39 is 5.60 Å². The Hall–Kier alpha value is -2.23. The van der Waals surface area contributed by atoms with Gasteiger partial charge in [0, 0.05) is 37.5 Å². The third-order valence-corrected chi connectivity index (χ3v) is 7.12. The quantitative estimate of drug-likeness (QED) is 0.691. The Balaban J connectivity index is 1.38. The van der Waals surface area contributed by atoms with E-state index in [2.05, 4.69) is 17.0 Å². The summed E-state index contributed by atoms with van der Waals surface area (Å²) in [5, 5.41) is 10.5. The molecule has 0 aromatic carbocycles. The second kappa shape index (κ2) is 9.10. The van der Waals surface area contributed by atoms with Crippen molar-refractivity contribution in [2.45, 2.75) is 38.8 Å². The van der Waals surface area contributed by atoms with Crippen LogP contribution in [0.25, 0.3) is 0 Å². The SMILES string of the molecule is CC(C)(C)OC(=O)N1CCN(CC(=O)N2N=C(c3cccs3)C[C@H]2c2cccs2)CC1. The highest BCUT2D eigenvalue weighted by Gasteiger charge is 2.35. The number of piperazine rings is 1. The molecule has 0 saturated carbocycles. The maximum absolute atomic E-state index is 13.2. The molecular weight excluding hydrogens is 432 g/mol. The van der Waals surface area contributed by atoms with E-state index in [4.69, 9.17) is 9.84 Å². The Morgan fingerprint density at radius 3 is 2.42 bits per heavy atom. The molecule has 0 radical (unpaired) electrons. The van der Waals surface area contributed by atoms with Gasteiger partial charge in [-0.2, -0.15) is 5.10 Å². The van der Waals surface area contributed by atoms with Crippen molar-refractivity contribution < 1.29 is 14.3 Å². The molecule has 0 bridgehead atoms. The van der Waals surface area contributed by atoms with E-state index in [1.807, 2.05) is 43.7 Å². The maximum atomic E-state index is 13.2. The highest BCUT2D eigenvalue weighted by Crippen LogP contribution is 2.36. The number of hydrogen-bond acceptors (Lipinski definition) is 7. The predicted octanol–water partition coefficient (Wildman–Crippen LogP) is 4.04. The van der Waals surface area contributed by atoms with Crippen molar-refractivity contribution in [2.24, 2.45) is 5.10 Å². The topological polar surface area (TPSA) is 65.5 Å². The Kier molecular flexibility index (Phi) is 6.45. The molecule has 7 nitrogen and oxygen atoms in total. The smallest absolute Gasteiger partial charge is 0.410 e. The first kappa shape index (κ1) is 22.0. The normalized spacial score (nSPS) is 20.1. The highest BCUT2D eigenvalue weighted by atomic mass is 32.1. The van der Waals surface area contributed by atoms with Crippen LogP contribution >= 0.6 is 22.7 Å². The Labute approximate surface area is 190 Å². The van der Waals surface area contributed by atoms with Crippen LogP contribution in [0.4, 0.5) is 4.79 Å². The van der Waals surface area contributed by atoms with Crippen molar-refractivity contribution in [3.05, 3.63) is 44.8 Å². The fourth-order valence-electron chi connectivity index (χ4n) is 3.71. The zero-order chi connectivity index (χ0) is 22.0. The Bertz CT molecular complexity index is 927. The lowest BCUT2D eigenvalue weighted by Crippen LogP contribution is -2.52. The van der Waals surface area contributed by atoms with Crippen molar-refractivity contribution in [2.75, 3.05) is 32.7 Å². The number of carbonyl (C=O) groups excluding carboxylic acids is 2. The van der Waals surface area contributed by atoms with Gasteiger partial charge in [0.2, 0.25) is 0 Å². The molecule has 2 amide bonds. The molecule has 9 heteroatoms. The molecule has 4 rings (SSSR count). The molecule has 0 unspecified atom stereocenters. The van der Waals surface area contributed by atoms with Gasteiger partial charge in [-0.1, -0.05) is 12.1 Å². The van der Waals surface area contributed by atoms with Crippen LogP contribution in [0.1, 0.15) is 43.0 Å². The first-order valence-corrected chi connectivity index (χ1v) is 12.2. The molecule has 31 heavy (non-hydrogen) atoms. The summed E-state index contributed by atoms with van der Waals surface area (Å²) >= 11 is 3.31. The van der Waals surface area contributed by atoms with Crippen LogP contribution in [0, 0.1) is 0 Å². The number of hydrogen-bond donors (Lipinski definition) is 0. The van der Waals surface area contributed by atoms with Gasteiger partial charge in [-0.15, -0.1) is 22.7 Å². The van der Waals surface area contributed by atoms with E-state index >= 15 is 0 Å². The minimum atomic E-state index is -0.505. The van der Waals surface area contributed by atoms with Crippen LogP contribution < -0.4 is 0 Å². The zero-order valence-electron chi connectivity index (χ0n) is 18.1. The van der Waals surface area contributed by atoms with Gasteiger partial charge in [-0.05, 0) is 43.7 Å². The molecule has 1 fully saturated rings. The van der Waals surface area contributed by atoms with Crippen molar-refractivity contribution in [3.8, 4) is 0 Å². The fourth-order valence-corrected chi connectivity index (χ4v) is 5.25. The van der Waals surface area contributed by atoms with Gasteiger partial charge in [0.1, 0.15) is 5.60 Å². The summed E-state index contributed by atoms with van der Waals surface area (Å²) in [4.78, 5) is 31.6. The summed E-state index contributed by atoms with van der Waals surface area (Å²) < 4.78 is 5.46. The maximum Gasteiger partial charge on any atom is 0.410 e. The van der Waals surface area contributed by atoms with Gasteiger partial charge in [0.15, 0.2) is 0 Å². The number of rotatable bonds is 4. The largest absolute Gasteiger partial charge is 0.444 e. The molecule has 0 aliphatic carbocycles. The highest BCUT2D eigenvalue weighted by molar-refractivity contribution is 7.12. The molecule has 2 aromatic heterocycles. The standard InChI is InChI=1S/C22H28N4O3S2/c1-22(2,3)29-21(28)25-10-8-24(9-11-25)15-20(27)26-17(19-7-5-13-31-19)14-16(23-26)18-6-4-12-30-18/h4-7,12-13,17H,8-11,14-15H2,1-3H3/t17-/m0/s1. The zero-order valence-corrected chi connectivity index (χ0v) is 19.7. The molecule has 166 valence electrons.